The molecule has 0 aliphatic rings. The summed E-state index contributed by atoms with van der Waals surface area (Å²) >= 11 is 0. The summed E-state index contributed by atoms with van der Waals surface area (Å²) in [5, 5.41) is 9.81. The number of amides is 1. The van der Waals surface area contributed by atoms with Gasteiger partial charge in [0.15, 0.2) is 21.3 Å². The molecule has 1 amide bonds. The van der Waals surface area contributed by atoms with Crippen molar-refractivity contribution in [2.45, 2.75) is 52.0 Å². The zero-order valence-electron chi connectivity index (χ0n) is 18.6. The van der Waals surface area contributed by atoms with Gasteiger partial charge in [-0.25, -0.2) is 13.2 Å². The van der Waals surface area contributed by atoms with Gasteiger partial charge in [-0.15, -0.1) is 0 Å². The van der Waals surface area contributed by atoms with Gasteiger partial charge >= 0.3 is 5.97 Å². The maximum Gasteiger partial charge on any atom is 0.326 e. The van der Waals surface area contributed by atoms with E-state index in [0.717, 1.165) is 11.2 Å². The molecular formula is C20H32N2O7S. The first kappa shape index (κ1) is 25.7. The number of nitrogens with two attached hydrogens (primary N) is 1. The number of methoxy groups -OCH3 is 1. The van der Waals surface area contributed by atoms with E-state index in [4.69, 9.17) is 15.2 Å². The molecule has 0 aliphatic carbocycles. The van der Waals surface area contributed by atoms with Gasteiger partial charge in [-0.3, -0.25) is 9.69 Å². The Morgan fingerprint density at radius 2 is 1.87 bits per heavy atom. The predicted octanol–water partition coefficient (Wildman–Crippen LogP) is 2.12. The average Bonchev–Trinajstić information content (AvgIpc) is 2.59. The number of aliphatic carboxylic acids is 1. The Labute approximate surface area is 178 Å². The van der Waals surface area contributed by atoms with E-state index >= 15 is 0 Å². The molecule has 0 aliphatic heterocycles. The van der Waals surface area contributed by atoms with Crippen molar-refractivity contribution in [2.75, 3.05) is 24.9 Å². The number of benzene rings is 1. The number of hydrogen-bond acceptors (Lipinski definition) is 7. The van der Waals surface area contributed by atoms with Crippen LogP contribution in [0.4, 0.5) is 5.69 Å². The van der Waals surface area contributed by atoms with Gasteiger partial charge in [0, 0.05) is 13.2 Å². The third-order valence-electron chi connectivity index (χ3n) is 4.77. The molecule has 30 heavy (non-hydrogen) atoms. The van der Waals surface area contributed by atoms with E-state index < -0.39 is 32.6 Å². The Hall–Kier alpha value is -2.33. The summed E-state index contributed by atoms with van der Waals surface area (Å²) in [5.41, 5.74) is 6.35. The lowest BCUT2D eigenvalue weighted by molar-refractivity contribution is -0.140. The second-order valence-corrected chi connectivity index (χ2v) is 10.1. The number of anilines is 1. The van der Waals surface area contributed by atoms with E-state index in [1.165, 1.54) is 33.1 Å². The molecule has 1 unspecified atom stereocenters. The van der Waals surface area contributed by atoms with Crippen molar-refractivity contribution in [3.05, 3.63) is 17.7 Å². The Balaban J connectivity index is 3.95. The van der Waals surface area contributed by atoms with Crippen LogP contribution < -0.4 is 20.1 Å². The maximum atomic E-state index is 12.6. The van der Waals surface area contributed by atoms with Crippen LogP contribution in [0.3, 0.4) is 0 Å². The molecule has 3 N–H and O–H groups in total. The number of carboxylic acid groups (broad SMARTS) is 1. The van der Waals surface area contributed by atoms with E-state index in [1.54, 1.807) is 6.92 Å². The summed E-state index contributed by atoms with van der Waals surface area (Å²) in [6, 6.07) is 1.62. The zero-order chi connectivity index (χ0) is 23.4. The fourth-order valence-electron chi connectivity index (χ4n) is 3.06. The van der Waals surface area contributed by atoms with Crippen LogP contribution >= 0.6 is 0 Å². The van der Waals surface area contributed by atoms with Crippen LogP contribution in [0, 0.1) is 5.92 Å². The van der Waals surface area contributed by atoms with Crippen molar-refractivity contribution >= 4 is 27.4 Å². The second kappa shape index (κ2) is 9.65. The van der Waals surface area contributed by atoms with Gasteiger partial charge < -0.3 is 20.3 Å². The molecule has 9 nitrogen and oxygen atoms in total. The highest BCUT2D eigenvalue weighted by molar-refractivity contribution is 7.91. The Morgan fingerprint density at radius 1 is 1.30 bits per heavy atom. The normalized spacial score (nSPS) is 14.7. The molecule has 0 saturated carbocycles. The number of rotatable bonds is 10. The van der Waals surface area contributed by atoms with E-state index in [9.17, 15) is 23.1 Å². The smallest absolute Gasteiger partial charge is 0.326 e. The molecule has 2 atom stereocenters. The van der Waals surface area contributed by atoms with Gasteiger partial charge in [-0.2, -0.15) is 0 Å². The predicted molar refractivity (Wildman–Crippen MR) is 115 cm³/mol. The quantitative estimate of drug-likeness (QED) is 0.560. The van der Waals surface area contributed by atoms with E-state index in [2.05, 4.69) is 0 Å². The van der Waals surface area contributed by atoms with Gasteiger partial charge in [0.1, 0.15) is 10.9 Å². The zero-order valence-corrected chi connectivity index (χ0v) is 19.4. The highest BCUT2D eigenvalue weighted by Crippen LogP contribution is 2.43. The minimum atomic E-state index is -3.76. The van der Waals surface area contributed by atoms with Crippen LogP contribution in [0.2, 0.25) is 0 Å². The van der Waals surface area contributed by atoms with Crippen molar-refractivity contribution in [1.29, 1.82) is 0 Å². The Kier molecular flexibility index (Phi) is 8.27. The lowest BCUT2D eigenvalue weighted by Crippen LogP contribution is -2.46. The lowest BCUT2D eigenvalue weighted by Gasteiger charge is -2.33. The van der Waals surface area contributed by atoms with E-state index in [1.807, 2.05) is 13.8 Å². The average molecular weight is 445 g/mol. The number of carboxylic acids is 1. The summed E-state index contributed by atoms with van der Waals surface area (Å²) in [7, 11) is -2.41. The van der Waals surface area contributed by atoms with Gasteiger partial charge in [0.2, 0.25) is 5.91 Å². The largest absolute Gasteiger partial charge is 0.491 e. The molecule has 0 fully saturated rings. The van der Waals surface area contributed by atoms with Crippen LogP contribution in [-0.4, -0.2) is 51.4 Å². The van der Waals surface area contributed by atoms with Crippen molar-refractivity contribution < 1.29 is 32.6 Å². The monoisotopic (exact) mass is 444 g/mol. The molecule has 0 aromatic heterocycles. The Bertz CT molecular complexity index is 895. The summed E-state index contributed by atoms with van der Waals surface area (Å²) < 4.78 is 35.7. The fraction of sp³-hybridized carbons (Fsp3) is 0.600. The topological polar surface area (TPSA) is 136 Å². The molecule has 0 spiro atoms. The molecule has 1 rings (SSSR count). The van der Waals surface area contributed by atoms with Crippen LogP contribution in [0.1, 0.15) is 46.6 Å². The first-order chi connectivity index (χ1) is 13.7. The number of carbonyl (C=O) groups is 2. The number of ether oxygens (including phenoxy) is 2. The minimum absolute atomic E-state index is 0.0238. The third-order valence-corrected chi connectivity index (χ3v) is 6.55. The molecule has 1 aromatic rings. The molecule has 10 heteroatoms. The van der Waals surface area contributed by atoms with E-state index in [0.29, 0.717) is 0 Å². The fourth-order valence-corrected chi connectivity index (χ4v) is 3.60. The first-order valence-electron chi connectivity index (χ1n) is 9.55. The summed E-state index contributed by atoms with van der Waals surface area (Å²) in [4.78, 5) is 23.9. The lowest BCUT2D eigenvalue weighted by atomic mass is 10.00. The molecular weight excluding hydrogens is 412 g/mol. The number of nitrogens with zero attached hydrogens (tertiary/aromatic N) is 1. The second-order valence-electron chi connectivity index (χ2n) is 7.71. The highest BCUT2D eigenvalue weighted by atomic mass is 32.2. The summed E-state index contributed by atoms with van der Waals surface area (Å²) in [5.74, 6) is -1.48. The highest BCUT2D eigenvalue weighted by Gasteiger charge is 2.38. The van der Waals surface area contributed by atoms with Crippen molar-refractivity contribution in [3.63, 3.8) is 0 Å². The van der Waals surface area contributed by atoms with Gasteiger partial charge in [0.25, 0.3) is 0 Å². The number of carbonyl (C=O) groups excluding carboxylic acids is 1. The number of sulfone groups is 1. The van der Waals surface area contributed by atoms with Gasteiger partial charge in [0.05, 0.1) is 19.4 Å². The molecule has 1 aromatic carbocycles. The molecule has 170 valence electrons. The molecule has 0 saturated heterocycles. The van der Waals surface area contributed by atoms with Crippen LogP contribution in [0.15, 0.2) is 12.1 Å². The van der Waals surface area contributed by atoms with Gasteiger partial charge in [-0.05, 0) is 43.9 Å². The summed E-state index contributed by atoms with van der Waals surface area (Å²) in [6.45, 7) is 8.20. The standard InChI is InChI=1S/C20H32N2O7S/c1-8-29-17-11-14(20(5,21)30(7,26)27)10-15(18(17)28-6)22(13(4)23)16(19(24)25)9-12(2)3/h10-12,16H,8-9,21H2,1-7H3,(H,24,25)/t16-,20?/m0/s1. The minimum Gasteiger partial charge on any atom is -0.491 e. The number of hydrogen-bond donors (Lipinski definition) is 2. The SMILES string of the molecule is CCOc1cc(C(C)(N)S(C)(=O)=O)cc(N(C(C)=O)[C@@H](CC(C)C)C(=O)O)c1OC. The van der Waals surface area contributed by atoms with Crippen LogP contribution in [-0.2, 0) is 24.3 Å². The summed E-state index contributed by atoms with van der Waals surface area (Å²) in [6.07, 6.45) is 1.18. The molecule has 0 bridgehead atoms. The molecule has 0 heterocycles. The van der Waals surface area contributed by atoms with Crippen molar-refractivity contribution in [3.8, 4) is 11.5 Å². The third kappa shape index (κ3) is 5.42. The maximum absolute atomic E-state index is 12.6. The van der Waals surface area contributed by atoms with Crippen LogP contribution in [0.25, 0.3) is 0 Å². The van der Waals surface area contributed by atoms with Crippen molar-refractivity contribution in [1.82, 2.24) is 0 Å². The first-order valence-corrected chi connectivity index (χ1v) is 11.4. The molecule has 0 radical (unpaired) electrons. The van der Waals surface area contributed by atoms with E-state index in [-0.39, 0.29) is 41.7 Å². The van der Waals surface area contributed by atoms with Gasteiger partial charge in [-0.1, -0.05) is 13.8 Å². The van der Waals surface area contributed by atoms with Crippen LogP contribution in [0.5, 0.6) is 11.5 Å². The van der Waals surface area contributed by atoms with Crippen molar-refractivity contribution in [2.24, 2.45) is 11.7 Å². The Morgan fingerprint density at radius 3 is 2.23 bits per heavy atom.